The molecule has 1 aromatic carbocycles. The molecular weight excluding hydrogens is 250 g/mol. The molecule has 4 nitrogen and oxygen atoms in total. The van der Waals surface area contributed by atoms with Gasteiger partial charge in [-0.25, -0.2) is 0 Å². The van der Waals surface area contributed by atoms with Crippen molar-refractivity contribution in [1.29, 1.82) is 0 Å². The number of hydrogen-bond donors (Lipinski definition) is 2. The largest absolute Gasteiger partial charge is 0.399 e. The molecule has 1 aromatic rings. The van der Waals surface area contributed by atoms with Crippen molar-refractivity contribution in [3.63, 3.8) is 0 Å². The van der Waals surface area contributed by atoms with Gasteiger partial charge in [0.15, 0.2) is 0 Å². The number of nitrogen functional groups attached to an aromatic ring is 1. The van der Waals surface area contributed by atoms with E-state index < -0.39 is 0 Å². The molecule has 0 spiro atoms. The molecule has 20 heavy (non-hydrogen) atoms. The smallest absolute Gasteiger partial charge is 0.0474 e. The van der Waals surface area contributed by atoms with E-state index in [0.29, 0.717) is 6.04 Å². The molecule has 0 amide bonds. The van der Waals surface area contributed by atoms with E-state index in [1.165, 1.54) is 31.5 Å². The maximum atomic E-state index is 5.72. The van der Waals surface area contributed by atoms with Gasteiger partial charge in [0.05, 0.1) is 0 Å². The molecule has 1 aliphatic rings. The predicted molar refractivity (Wildman–Crippen MR) is 83.6 cm³/mol. The van der Waals surface area contributed by atoms with Gasteiger partial charge >= 0.3 is 0 Å². The summed E-state index contributed by atoms with van der Waals surface area (Å²) in [6.45, 7) is 5.30. The summed E-state index contributed by atoms with van der Waals surface area (Å²) >= 11 is 0. The fourth-order valence-corrected chi connectivity index (χ4v) is 2.70. The molecule has 112 valence electrons. The zero-order valence-electron chi connectivity index (χ0n) is 12.5. The van der Waals surface area contributed by atoms with Crippen molar-refractivity contribution in [3.8, 4) is 0 Å². The minimum Gasteiger partial charge on any atom is -0.399 e. The molecule has 0 unspecified atom stereocenters. The Balaban J connectivity index is 1.65. The number of methoxy groups -OCH3 is 1. The van der Waals surface area contributed by atoms with E-state index in [-0.39, 0.29) is 0 Å². The second-order valence-electron chi connectivity index (χ2n) is 5.59. The van der Waals surface area contributed by atoms with Gasteiger partial charge in [-0.1, -0.05) is 12.1 Å². The van der Waals surface area contributed by atoms with Gasteiger partial charge in [-0.15, -0.1) is 0 Å². The van der Waals surface area contributed by atoms with E-state index in [2.05, 4.69) is 22.3 Å². The molecule has 1 fully saturated rings. The van der Waals surface area contributed by atoms with E-state index in [1.807, 2.05) is 12.1 Å². The molecule has 0 saturated carbocycles. The molecule has 0 bridgehead atoms. The van der Waals surface area contributed by atoms with Crippen molar-refractivity contribution in [3.05, 3.63) is 29.8 Å². The van der Waals surface area contributed by atoms with Crippen molar-refractivity contribution < 1.29 is 4.74 Å². The Hall–Kier alpha value is -1.10. The Morgan fingerprint density at radius 1 is 1.25 bits per heavy atom. The standard InChI is InChI=1S/C16H27N3O/c1-20-12-2-9-18-16-7-10-19(11-8-16)13-14-3-5-15(17)6-4-14/h3-6,16,18H,2,7-13,17H2,1H3. The van der Waals surface area contributed by atoms with E-state index in [9.17, 15) is 0 Å². The summed E-state index contributed by atoms with van der Waals surface area (Å²) in [7, 11) is 1.76. The number of likely N-dealkylation sites (tertiary alicyclic amines) is 1. The number of piperidine rings is 1. The second-order valence-corrected chi connectivity index (χ2v) is 5.59. The maximum absolute atomic E-state index is 5.72. The van der Waals surface area contributed by atoms with Gasteiger partial charge in [0, 0.05) is 32.0 Å². The highest BCUT2D eigenvalue weighted by molar-refractivity contribution is 5.39. The van der Waals surface area contributed by atoms with Crippen molar-refractivity contribution in [2.75, 3.05) is 39.1 Å². The van der Waals surface area contributed by atoms with Gasteiger partial charge in [-0.2, -0.15) is 0 Å². The highest BCUT2D eigenvalue weighted by Gasteiger charge is 2.18. The Labute approximate surface area is 122 Å². The SMILES string of the molecule is COCCCNC1CCN(Cc2ccc(N)cc2)CC1. The van der Waals surface area contributed by atoms with E-state index in [1.54, 1.807) is 7.11 Å². The van der Waals surface area contributed by atoms with E-state index in [4.69, 9.17) is 10.5 Å². The highest BCUT2D eigenvalue weighted by Crippen LogP contribution is 2.14. The summed E-state index contributed by atoms with van der Waals surface area (Å²) in [5.74, 6) is 0. The van der Waals surface area contributed by atoms with Crippen molar-refractivity contribution in [2.45, 2.75) is 31.8 Å². The lowest BCUT2D eigenvalue weighted by atomic mass is 10.0. The average Bonchev–Trinajstić information content (AvgIpc) is 2.48. The number of nitrogens with one attached hydrogen (secondary N) is 1. The molecule has 3 N–H and O–H groups in total. The topological polar surface area (TPSA) is 50.5 Å². The normalized spacial score (nSPS) is 17.4. The Morgan fingerprint density at radius 2 is 1.95 bits per heavy atom. The summed E-state index contributed by atoms with van der Waals surface area (Å²) in [6.07, 6.45) is 3.58. The molecule has 0 aliphatic carbocycles. The monoisotopic (exact) mass is 277 g/mol. The average molecular weight is 277 g/mol. The van der Waals surface area contributed by atoms with Gasteiger partial charge in [0.1, 0.15) is 0 Å². The van der Waals surface area contributed by atoms with Crippen LogP contribution in [0.3, 0.4) is 0 Å². The molecule has 4 heteroatoms. The molecule has 1 heterocycles. The first-order valence-corrected chi connectivity index (χ1v) is 7.57. The van der Waals surface area contributed by atoms with Crippen LogP contribution >= 0.6 is 0 Å². The van der Waals surface area contributed by atoms with Crippen molar-refractivity contribution in [1.82, 2.24) is 10.2 Å². The number of hydrogen-bond acceptors (Lipinski definition) is 4. The number of anilines is 1. The predicted octanol–water partition coefficient (Wildman–Crippen LogP) is 1.86. The fourth-order valence-electron chi connectivity index (χ4n) is 2.70. The molecule has 2 rings (SSSR count). The van der Waals surface area contributed by atoms with Gasteiger partial charge in [0.2, 0.25) is 0 Å². The zero-order chi connectivity index (χ0) is 14.2. The van der Waals surface area contributed by atoms with Crippen LogP contribution in [0.4, 0.5) is 5.69 Å². The maximum Gasteiger partial charge on any atom is 0.0474 e. The third-order valence-corrected chi connectivity index (χ3v) is 3.93. The molecule has 1 saturated heterocycles. The molecular formula is C16H27N3O. The van der Waals surface area contributed by atoms with Crippen LogP contribution in [0.5, 0.6) is 0 Å². The van der Waals surface area contributed by atoms with E-state index in [0.717, 1.165) is 31.8 Å². The van der Waals surface area contributed by atoms with Gasteiger partial charge in [-0.3, -0.25) is 4.90 Å². The van der Waals surface area contributed by atoms with Crippen LogP contribution in [0.2, 0.25) is 0 Å². The lowest BCUT2D eigenvalue weighted by Crippen LogP contribution is -2.42. The first kappa shape index (κ1) is 15.3. The Morgan fingerprint density at radius 3 is 2.60 bits per heavy atom. The van der Waals surface area contributed by atoms with Crippen LogP contribution in [0.25, 0.3) is 0 Å². The minimum absolute atomic E-state index is 0.675. The summed E-state index contributed by atoms with van der Waals surface area (Å²) in [4.78, 5) is 2.53. The van der Waals surface area contributed by atoms with Crippen LogP contribution in [0.1, 0.15) is 24.8 Å². The molecule has 0 aromatic heterocycles. The second kappa shape index (κ2) is 8.25. The number of nitrogens with zero attached hydrogens (tertiary/aromatic N) is 1. The molecule has 0 radical (unpaired) electrons. The summed E-state index contributed by atoms with van der Waals surface area (Å²) < 4.78 is 5.07. The van der Waals surface area contributed by atoms with Gasteiger partial charge in [0.25, 0.3) is 0 Å². The lowest BCUT2D eigenvalue weighted by molar-refractivity contribution is 0.177. The van der Waals surface area contributed by atoms with Crippen molar-refractivity contribution in [2.24, 2.45) is 0 Å². The van der Waals surface area contributed by atoms with Gasteiger partial charge in [-0.05, 0) is 56.6 Å². The van der Waals surface area contributed by atoms with Crippen LogP contribution in [-0.2, 0) is 11.3 Å². The third kappa shape index (κ3) is 5.12. The van der Waals surface area contributed by atoms with Crippen molar-refractivity contribution >= 4 is 5.69 Å². The Kier molecular flexibility index (Phi) is 6.30. The highest BCUT2D eigenvalue weighted by atomic mass is 16.5. The zero-order valence-corrected chi connectivity index (χ0v) is 12.5. The Bertz CT molecular complexity index is 372. The van der Waals surface area contributed by atoms with Crippen LogP contribution < -0.4 is 11.1 Å². The summed E-state index contributed by atoms with van der Waals surface area (Å²) in [5, 5.41) is 3.63. The minimum atomic E-state index is 0.675. The van der Waals surface area contributed by atoms with Crippen LogP contribution in [-0.4, -0.2) is 44.3 Å². The first-order valence-electron chi connectivity index (χ1n) is 7.57. The summed E-state index contributed by atoms with van der Waals surface area (Å²) in [5.41, 5.74) is 7.91. The molecule has 0 atom stereocenters. The van der Waals surface area contributed by atoms with Crippen LogP contribution in [0, 0.1) is 0 Å². The number of rotatable bonds is 7. The number of ether oxygens (including phenoxy) is 1. The quantitative estimate of drug-likeness (QED) is 0.590. The first-order chi connectivity index (χ1) is 9.78. The fraction of sp³-hybridized carbons (Fsp3) is 0.625. The van der Waals surface area contributed by atoms with E-state index >= 15 is 0 Å². The lowest BCUT2D eigenvalue weighted by Gasteiger charge is -2.32. The third-order valence-electron chi connectivity index (χ3n) is 3.93. The van der Waals surface area contributed by atoms with Crippen LogP contribution in [0.15, 0.2) is 24.3 Å². The number of nitrogens with two attached hydrogens (primary N) is 1. The summed E-state index contributed by atoms with van der Waals surface area (Å²) in [6, 6.07) is 8.91. The van der Waals surface area contributed by atoms with Gasteiger partial charge < -0.3 is 15.8 Å². The molecule has 1 aliphatic heterocycles. The number of benzene rings is 1.